The number of rotatable bonds is 7. The molecule has 37 heavy (non-hydrogen) atoms. The van der Waals surface area contributed by atoms with Crippen molar-refractivity contribution >= 4 is 34.1 Å². The number of benzene rings is 3. The smallest absolute Gasteiger partial charge is 0.335 e. The van der Waals surface area contributed by atoms with Gasteiger partial charge in [-0.05, 0) is 55.4 Å². The van der Waals surface area contributed by atoms with Crippen LogP contribution >= 0.6 is 11.6 Å². The van der Waals surface area contributed by atoms with Gasteiger partial charge in [0.15, 0.2) is 0 Å². The zero-order valence-electron chi connectivity index (χ0n) is 20.7. The number of hydroxylamine groups is 2. The molecule has 0 aliphatic carbocycles. The van der Waals surface area contributed by atoms with Crippen LogP contribution in [0.3, 0.4) is 0 Å². The highest BCUT2D eigenvalue weighted by Crippen LogP contribution is 2.25. The van der Waals surface area contributed by atoms with Crippen molar-refractivity contribution in [3.8, 4) is 5.69 Å². The van der Waals surface area contributed by atoms with Gasteiger partial charge in [-0.3, -0.25) is 14.2 Å². The number of hydrogen-bond acceptors (Lipinski definition) is 5. The number of fused-ring (bicyclic) bond motifs is 1. The molecule has 190 valence electrons. The van der Waals surface area contributed by atoms with Gasteiger partial charge in [0.2, 0.25) is 5.91 Å². The molecule has 1 N–H and O–H groups in total. The summed E-state index contributed by atoms with van der Waals surface area (Å²) in [7, 11) is 2.76. The number of hydrogen-bond donors (Lipinski definition) is 1. The first-order valence-electron chi connectivity index (χ1n) is 11.6. The zero-order chi connectivity index (χ0) is 26.9. The molecular weight excluding hydrogens is 492 g/mol. The molecular formula is C28H26ClN4O4-. The van der Waals surface area contributed by atoms with Crippen LogP contribution in [-0.2, 0) is 18.3 Å². The maximum Gasteiger partial charge on any atom is 0.335 e. The van der Waals surface area contributed by atoms with Crippen molar-refractivity contribution in [2.75, 3.05) is 7.05 Å². The Hall–Kier alpha value is -4.14. The number of likely N-dealkylation sites (N-methyl/N-ethyl adjacent to an activating group) is 1. The standard InChI is InChI=1S/C28H26ClN4O4/c1-17-8-7-10-22(29)25(17)18(2)30-23(27(35)32(4)37)16-19-12-14-20(15-13-19)33-26(34)21-9-5-6-11-24(21)31(3)28(33)36/h5-15,23,30H,2,16H2,1,3-4H3/q-1. The lowest BCUT2D eigenvalue weighted by Crippen LogP contribution is -2.43. The molecule has 3 aromatic carbocycles. The summed E-state index contributed by atoms with van der Waals surface area (Å²) in [6, 6.07) is 18.1. The number of nitrogens with one attached hydrogen (secondary N) is 1. The highest BCUT2D eigenvalue weighted by Gasteiger charge is 2.21. The molecule has 0 aliphatic rings. The molecule has 4 rings (SSSR count). The number of aromatic nitrogens is 2. The molecule has 8 nitrogen and oxygen atoms in total. The Morgan fingerprint density at radius 1 is 1.08 bits per heavy atom. The maximum atomic E-state index is 13.1. The second-order valence-corrected chi connectivity index (χ2v) is 9.22. The van der Waals surface area contributed by atoms with Crippen molar-refractivity contribution in [1.82, 2.24) is 19.5 Å². The molecule has 1 aromatic heterocycles. The lowest BCUT2D eigenvalue weighted by atomic mass is 10.0. The third-order valence-electron chi connectivity index (χ3n) is 6.29. The van der Waals surface area contributed by atoms with Gasteiger partial charge in [-0.25, -0.2) is 9.36 Å². The molecule has 1 amide bonds. The van der Waals surface area contributed by atoms with Gasteiger partial charge in [0.1, 0.15) is 6.04 Å². The topological polar surface area (TPSA) is 99.4 Å². The van der Waals surface area contributed by atoms with E-state index in [1.165, 1.54) is 4.57 Å². The first-order valence-corrected chi connectivity index (χ1v) is 11.9. The van der Waals surface area contributed by atoms with E-state index in [1.54, 1.807) is 61.6 Å². The predicted molar refractivity (Wildman–Crippen MR) is 147 cm³/mol. The van der Waals surface area contributed by atoms with Crippen LogP contribution in [0.5, 0.6) is 0 Å². The molecule has 4 aromatic rings. The van der Waals surface area contributed by atoms with Crippen LogP contribution < -0.4 is 16.6 Å². The van der Waals surface area contributed by atoms with E-state index in [2.05, 4.69) is 11.9 Å². The van der Waals surface area contributed by atoms with E-state index in [4.69, 9.17) is 11.6 Å². The fourth-order valence-corrected chi connectivity index (χ4v) is 4.70. The summed E-state index contributed by atoms with van der Waals surface area (Å²) in [6.45, 7) is 5.91. The lowest BCUT2D eigenvalue weighted by molar-refractivity contribution is -0.129. The van der Waals surface area contributed by atoms with Crippen LogP contribution in [0.25, 0.3) is 22.3 Å². The van der Waals surface area contributed by atoms with Gasteiger partial charge in [-0.15, -0.1) is 0 Å². The molecule has 0 spiro atoms. The van der Waals surface area contributed by atoms with E-state index in [1.807, 2.05) is 19.1 Å². The van der Waals surface area contributed by atoms with Gasteiger partial charge in [0.05, 0.1) is 21.6 Å². The molecule has 1 heterocycles. The van der Waals surface area contributed by atoms with Gasteiger partial charge in [-0.2, -0.15) is 0 Å². The first-order chi connectivity index (χ1) is 17.6. The molecule has 9 heteroatoms. The van der Waals surface area contributed by atoms with Crippen LogP contribution in [0.1, 0.15) is 16.7 Å². The van der Waals surface area contributed by atoms with Gasteiger partial charge in [0, 0.05) is 24.7 Å². The van der Waals surface area contributed by atoms with Crippen LogP contribution in [0.15, 0.2) is 82.9 Å². The highest BCUT2D eigenvalue weighted by molar-refractivity contribution is 6.32. The van der Waals surface area contributed by atoms with E-state index in [0.29, 0.717) is 38.4 Å². The second kappa shape index (κ2) is 10.5. The second-order valence-electron chi connectivity index (χ2n) is 8.81. The predicted octanol–water partition coefficient (Wildman–Crippen LogP) is 3.78. The van der Waals surface area contributed by atoms with Gasteiger partial charge in [0.25, 0.3) is 5.56 Å². The van der Waals surface area contributed by atoms with E-state index in [9.17, 15) is 19.6 Å². The van der Waals surface area contributed by atoms with Gasteiger partial charge >= 0.3 is 5.69 Å². The third kappa shape index (κ3) is 5.07. The fraction of sp³-hybridized carbons (Fsp3) is 0.179. The number of aryl methyl sites for hydroxylation is 2. The number of amides is 1. The maximum absolute atomic E-state index is 13.1. The zero-order valence-corrected chi connectivity index (χ0v) is 21.5. The van der Waals surface area contributed by atoms with E-state index >= 15 is 0 Å². The van der Waals surface area contributed by atoms with Crippen molar-refractivity contribution in [2.45, 2.75) is 19.4 Å². The minimum absolute atomic E-state index is 0.166. The summed E-state index contributed by atoms with van der Waals surface area (Å²) < 4.78 is 2.54. The Labute approximate surface area is 218 Å². The van der Waals surface area contributed by atoms with E-state index in [0.717, 1.165) is 17.2 Å². The Morgan fingerprint density at radius 2 is 1.76 bits per heavy atom. The van der Waals surface area contributed by atoms with Crippen LogP contribution in [0.4, 0.5) is 0 Å². The minimum Gasteiger partial charge on any atom is -0.756 e. The number of carbonyl (C=O) groups excluding carboxylic acids is 1. The van der Waals surface area contributed by atoms with Crippen LogP contribution in [-0.4, -0.2) is 33.2 Å². The summed E-state index contributed by atoms with van der Waals surface area (Å²) in [5.74, 6) is -0.672. The van der Waals surface area contributed by atoms with Gasteiger partial charge < -0.3 is 15.6 Å². The molecule has 0 bridgehead atoms. The molecule has 0 saturated heterocycles. The van der Waals surface area contributed by atoms with Crippen LogP contribution in [0.2, 0.25) is 5.02 Å². The number of nitrogens with zero attached hydrogens (tertiary/aromatic N) is 3. The van der Waals surface area contributed by atoms with Crippen molar-refractivity contribution in [3.63, 3.8) is 0 Å². The lowest BCUT2D eigenvalue weighted by Gasteiger charge is -2.30. The largest absolute Gasteiger partial charge is 0.756 e. The Kier molecular flexibility index (Phi) is 7.33. The average Bonchev–Trinajstić information content (AvgIpc) is 2.87. The number of carbonyl (C=O) groups is 1. The first kappa shape index (κ1) is 25.9. The molecule has 0 aliphatic heterocycles. The summed E-state index contributed by atoms with van der Waals surface area (Å²) in [5, 5.41) is 16.1. The summed E-state index contributed by atoms with van der Waals surface area (Å²) in [4.78, 5) is 38.7. The van der Waals surface area contributed by atoms with E-state index < -0.39 is 23.2 Å². The molecule has 0 fully saturated rings. The Balaban J connectivity index is 1.65. The monoisotopic (exact) mass is 517 g/mol. The fourth-order valence-electron chi connectivity index (χ4n) is 4.37. The number of halogens is 1. The number of para-hydroxylation sites is 1. The average molecular weight is 518 g/mol. The Bertz CT molecular complexity index is 1600. The molecule has 0 saturated carbocycles. The normalized spacial score (nSPS) is 11.8. The summed E-state index contributed by atoms with van der Waals surface area (Å²) in [5.41, 5.74) is 2.74. The van der Waals surface area contributed by atoms with Crippen molar-refractivity contribution in [1.29, 1.82) is 0 Å². The summed E-state index contributed by atoms with van der Waals surface area (Å²) in [6.07, 6.45) is 0.166. The highest BCUT2D eigenvalue weighted by atomic mass is 35.5. The van der Waals surface area contributed by atoms with Gasteiger partial charge in [-0.1, -0.05) is 54.6 Å². The third-order valence-corrected chi connectivity index (χ3v) is 6.61. The Morgan fingerprint density at radius 3 is 2.41 bits per heavy atom. The van der Waals surface area contributed by atoms with Crippen molar-refractivity contribution in [3.05, 3.63) is 121 Å². The van der Waals surface area contributed by atoms with Crippen LogP contribution in [0, 0.1) is 12.1 Å². The molecule has 1 unspecified atom stereocenters. The SMILES string of the molecule is C=C(NC(Cc1ccc(-n2c(=O)c3ccccc3n(C)c2=O)cc1)C(=O)N(C)[O-])c1c(C)cccc1Cl. The molecule has 1 atom stereocenters. The van der Waals surface area contributed by atoms with Crippen molar-refractivity contribution in [2.24, 2.45) is 7.05 Å². The summed E-state index contributed by atoms with van der Waals surface area (Å²) >= 11 is 6.35. The quantitative estimate of drug-likeness (QED) is 0.376. The van der Waals surface area contributed by atoms with Crippen molar-refractivity contribution < 1.29 is 4.79 Å². The van der Waals surface area contributed by atoms with E-state index in [-0.39, 0.29) is 11.5 Å². The minimum atomic E-state index is -0.909. The molecule has 0 radical (unpaired) electrons.